The number of hydrogen-bond donors (Lipinski definition) is 2. The predicted molar refractivity (Wildman–Crippen MR) is 96.0 cm³/mol. The van der Waals surface area contributed by atoms with E-state index in [9.17, 15) is 13.2 Å². The molecule has 8 nitrogen and oxygen atoms in total. The normalized spacial score (nSPS) is 14.1. The number of imidazole rings is 1. The number of carbonyl (C=O) groups excluding carboxylic acids is 1. The van der Waals surface area contributed by atoms with Gasteiger partial charge in [0.05, 0.1) is 31.8 Å². The van der Waals surface area contributed by atoms with Crippen LogP contribution in [-0.4, -0.2) is 43.3 Å². The Labute approximate surface area is 152 Å². The molecule has 1 aromatic carbocycles. The van der Waals surface area contributed by atoms with E-state index in [1.807, 2.05) is 37.3 Å². The van der Waals surface area contributed by atoms with Gasteiger partial charge in [-0.25, -0.2) is 4.98 Å². The van der Waals surface area contributed by atoms with E-state index in [0.717, 1.165) is 11.8 Å². The van der Waals surface area contributed by atoms with Gasteiger partial charge in [0.2, 0.25) is 0 Å². The highest BCUT2D eigenvalue weighted by Gasteiger charge is 2.24. The second-order valence-electron chi connectivity index (χ2n) is 5.97. The summed E-state index contributed by atoms with van der Waals surface area (Å²) in [7, 11) is -3.54. The number of aromatic amines is 1. The lowest BCUT2D eigenvalue weighted by atomic mass is 9.99. The number of aromatic nitrogens is 2. The minimum atomic E-state index is -3.54. The van der Waals surface area contributed by atoms with Crippen LogP contribution in [0, 0.1) is 0 Å². The molecule has 2 aromatic rings. The molecule has 142 valence electrons. The van der Waals surface area contributed by atoms with Gasteiger partial charge in [-0.05, 0) is 18.9 Å². The Balaban J connectivity index is 2.08. The van der Waals surface area contributed by atoms with Gasteiger partial charge in [0.1, 0.15) is 11.5 Å². The summed E-state index contributed by atoms with van der Waals surface area (Å²) in [5.74, 6) is -0.419. The molecule has 2 atom stereocenters. The highest BCUT2D eigenvalue weighted by molar-refractivity contribution is 7.85. The Morgan fingerprint density at radius 2 is 2.00 bits per heavy atom. The Morgan fingerprint density at radius 3 is 2.58 bits per heavy atom. The van der Waals surface area contributed by atoms with Crippen LogP contribution in [0.25, 0.3) is 0 Å². The highest BCUT2D eigenvalue weighted by atomic mass is 32.2. The molecule has 0 aliphatic carbocycles. The molecule has 26 heavy (non-hydrogen) atoms. The summed E-state index contributed by atoms with van der Waals surface area (Å²) in [6.07, 6.45) is 2.39. The van der Waals surface area contributed by atoms with Crippen molar-refractivity contribution in [1.82, 2.24) is 9.97 Å². The molecule has 0 aliphatic heterocycles. The largest absolute Gasteiger partial charge is 0.373 e. The van der Waals surface area contributed by atoms with E-state index in [2.05, 4.69) is 9.97 Å². The van der Waals surface area contributed by atoms with Crippen molar-refractivity contribution in [3.63, 3.8) is 0 Å². The number of nitrogens with one attached hydrogen (secondary N) is 1. The predicted octanol–water partition coefficient (Wildman–Crippen LogP) is 1.56. The van der Waals surface area contributed by atoms with E-state index in [0.29, 0.717) is 18.9 Å². The van der Waals surface area contributed by atoms with Crippen molar-refractivity contribution in [2.75, 3.05) is 12.9 Å². The van der Waals surface area contributed by atoms with Crippen molar-refractivity contribution >= 4 is 16.0 Å². The molecule has 1 amide bonds. The molecule has 0 spiro atoms. The van der Waals surface area contributed by atoms with Crippen LogP contribution in [0.15, 0.2) is 36.5 Å². The smallest absolute Gasteiger partial charge is 0.266 e. The number of H-pyrrole nitrogens is 1. The zero-order chi connectivity index (χ0) is 19.2. The minimum absolute atomic E-state index is 0.0187. The first kappa shape index (κ1) is 20.1. The lowest BCUT2D eigenvalue weighted by Crippen LogP contribution is -2.23. The lowest BCUT2D eigenvalue weighted by Gasteiger charge is -2.22. The SMILES string of the molecule is C[C@H](OCc1ccccc1)[C@H](CCOS(C)(=O)=O)c1ncc(C(N)=O)[nH]1. The first-order chi connectivity index (χ1) is 12.3. The zero-order valence-electron chi connectivity index (χ0n) is 14.7. The molecule has 9 heteroatoms. The topological polar surface area (TPSA) is 124 Å². The Morgan fingerprint density at radius 1 is 1.31 bits per heavy atom. The summed E-state index contributed by atoms with van der Waals surface area (Å²) >= 11 is 0. The molecule has 0 fully saturated rings. The van der Waals surface area contributed by atoms with E-state index in [1.54, 1.807) is 0 Å². The lowest BCUT2D eigenvalue weighted by molar-refractivity contribution is 0.0279. The zero-order valence-corrected chi connectivity index (χ0v) is 15.5. The molecule has 0 radical (unpaired) electrons. The standard InChI is InChI=1S/C17H23N3O5S/c1-12(24-11-13-6-4-3-5-7-13)14(8-9-25-26(2,22)23)17-19-10-15(20-17)16(18)21/h3-7,10,12,14H,8-9,11H2,1-2H3,(H2,18,21)(H,19,20)/t12-,14-/m0/s1. The maximum Gasteiger partial charge on any atom is 0.266 e. The monoisotopic (exact) mass is 381 g/mol. The fourth-order valence-electron chi connectivity index (χ4n) is 2.49. The molecule has 0 saturated carbocycles. The third kappa shape index (κ3) is 6.25. The van der Waals surface area contributed by atoms with Gasteiger partial charge in [-0.3, -0.25) is 8.98 Å². The first-order valence-electron chi connectivity index (χ1n) is 8.11. The van der Waals surface area contributed by atoms with Crippen molar-refractivity contribution < 1.29 is 22.1 Å². The average Bonchev–Trinajstić information content (AvgIpc) is 3.06. The molecule has 1 heterocycles. The number of ether oxygens (including phenoxy) is 1. The van der Waals surface area contributed by atoms with E-state index in [1.165, 1.54) is 6.20 Å². The third-order valence-corrected chi connectivity index (χ3v) is 4.46. The van der Waals surface area contributed by atoms with Crippen molar-refractivity contribution in [3.05, 3.63) is 53.6 Å². The van der Waals surface area contributed by atoms with Crippen molar-refractivity contribution in [2.45, 2.75) is 32.0 Å². The number of nitrogens with zero attached hydrogens (tertiary/aromatic N) is 1. The number of benzene rings is 1. The summed E-state index contributed by atoms with van der Waals surface area (Å²) in [5, 5.41) is 0. The van der Waals surface area contributed by atoms with Gasteiger partial charge in [0.25, 0.3) is 16.0 Å². The van der Waals surface area contributed by atoms with Crippen LogP contribution in [0.2, 0.25) is 0 Å². The minimum Gasteiger partial charge on any atom is -0.373 e. The molecular weight excluding hydrogens is 358 g/mol. The summed E-state index contributed by atoms with van der Waals surface area (Å²) in [6.45, 7) is 2.24. The van der Waals surface area contributed by atoms with Crippen molar-refractivity contribution in [2.24, 2.45) is 5.73 Å². The van der Waals surface area contributed by atoms with Crippen LogP contribution in [0.4, 0.5) is 0 Å². The molecule has 2 rings (SSSR count). The first-order valence-corrected chi connectivity index (χ1v) is 9.92. The Hall–Kier alpha value is -2.23. The third-order valence-electron chi connectivity index (χ3n) is 3.86. The van der Waals surface area contributed by atoms with E-state index >= 15 is 0 Å². The Kier molecular flexibility index (Phi) is 6.90. The fraction of sp³-hybridized carbons (Fsp3) is 0.412. The van der Waals surface area contributed by atoms with Crippen LogP contribution in [0.3, 0.4) is 0 Å². The van der Waals surface area contributed by atoms with Crippen LogP contribution in [0.5, 0.6) is 0 Å². The van der Waals surface area contributed by atoms with Gasteiger partial charge < -0.3 is 15.5 Å². The molecule has 0 unspecified atom stereocenters. The van der Waals surface area contributed by atoms with Gasteiger partial charge >= 0.3 is 0 Å². The second-order valence-corrected chi connectivity index (χ2v) is 7.61. The highest BCUT2D eigenvalue weighted by Crippen LogP contribution is 2.24. The number of hydrogen-bond acceptors (Lipinski definition) is 6. The maximum atomic E-state index is 11.3. The van der Waals surface area contributed by atoms with Gasteiger partial charge in [-0.2, -0.15) is 8.42 Å². The number of rotatable bonds is 10. The van der Waals surface area contributed by atoms with Crippen molar-refractivity contribution in [1.29, 1.82) is 0 Å². The fourth-order valence-corrected chi connectivity index (χ4v) is 2.89. The molecule has 0 saturated heterocycles. The molecular formula is C17H23N3O5S. The molecule has 0 bridgehead atoms. The quantitative estimate of drug-likeness (QED) is 0.602. The summed E-state index contributed by atoms with van der Waals surface area (Å²) in [4.78, 5) is 18.3. The van der Waals surface area contributed by atoms with E-state index in [4.69, 9.17) is 14.7 Å². The summed E-state index contributed by atoms with van der Waals surface area (Å²) in [6, 6.07) is 9.67. The second kappa shape index (κ2) is 8.93. The van der Waals surface area contributed by atoms with Crippen LogP contribution >= 0.6 is 0 Å². The van der Waals surface area contributed by atoms with E-state index < -0.39 is 16.0 Å². The van der Waals surface area contributed by atoms with Crippen LogP contribution < -0.4 is 5.73 Å². The number of amides is 1. The number of nitrogens with two attached hydrogens (primary N) is 1. The average molecular weight is 381 g/mol. The van der Waals surface area contributed by atoms with Crippen LogP contribution in [0.1, 0.15) is 41.1 Å². The van der Waals surface area contributed by atoms with Gasteiger partial charge in [-0.15, -0.1) is 0 Å². The summed E-state index contributed by atoms with van der Waals surface area (Å²) in [5.41, 5.74) is 6.45. The molecule has 1 aromatic heterocycles. The number of primary amides is 1. The van der Waals surface area contributed by atoms with Gasteiger partial charge in [0, 0.05) is 5.92 Å². The molecule has 3 N–H and O–H groups in total. The summed E-state index contributed by atoms with van der Waals surface area (Å²) < 4.78 is 33.1. The van der Waals surface area contributed by atoms with Crippen LogP contribution in [-0.2, 0) is 25.6 Å². The number of carbonyl (C=O) groups is 1. The molecule has 0 aliphatic rings. The maximum absolute atomic E-state index is 11.3. The Bertz CT molecular complexity index is 820. The van der Waals surface area contributed by atoms with Crippen molar-refractivity contribution in [3.8, 4) is 0 Å². The van der Waals surface area contributed by atoms with Gasteiger partial charge in [0.15, 0.2) is 0 Å². The van der Waals surface area contributed by atoms with E-state index in [-0.39, 0.29) is 24.3 Å². The van der Waals surface area contributed by atoms with Gasteiger partial charge in [-0.1, -0.05) is 30.3 Å².